The van der Waals surface area contributed by atoms with E-state index in [1.54, 1.807) is 16.9 Å². The fourth-order valence-corrected chi connectivity index (χ4v) is 3.32. The Morgan fingerprint density at radius 1 is 1.28 bits per heavy atom. The monoisotopic (exact) mass is 338 g/mol. The first-order valence-corrected chi connectivity index (χ1v) is 8.13. The average molecular weight is 338 g/mol. The summed E-state index contributed by atoms with van der Waals surface area (Å²) in [5, 5.41) is 10.6. The van der Waals surface area contributed by atoms with Gasteiger partial charge in [0.2, 0.25) is 0 Å². The minimum atomic E-state index is -0.282. The summed E-state index contributed by atoms with van der Waals surface area (Å²) < 4.78 is 3.73. The van der Waals surface area contributed by atoms with E-state index in [-0.39, 0.29) is 17.5 Å². The molecule has 3 aromatic heterocycles. The summed E-state index contributed by atoms with van der Waals surface area (Å²) in [6.07, 6.45) is 3.60. The van der Waals surface area contributed by atoms with E-state index in [0.29, 0.717) is 23.6 Å². The van der Waals surface area contributed by atoms with E-state index in [0.717, 1.165) is 12.2 Å². The molecule has 4 heterocycles. The van der Waals surface area contributed by atoms with Crippen molar-refractivity contribution in [3.8, 4) is 5.82 Å². The third-order valence-corrected chi connectivity index (χ3v) is 4.72. The Kier molecular flexibility index (Phi) is 3.52. The van der Waals surface area contributed by atoms with Gasteiger partial charge >= 0.3 is 0 Å². The van der Waals surface area contributed by atoms with Crippen LogP contribution in [0.1, 0.15) is 34.7 Å². The van der Waals surface area contributed by atoms with Crippen LogP contribution >= 0.6 is 0 Å². The molecule has 0 saturated carbocycles. The lowest BCUT2D eigenvalue weighted by Gasteiger charge is -2.34. The van der Waals surface area contributed by atoms with Gasteiger partial charge in [0.05, 0.1) is 23.5 Å². The molecule has 0 saturated heterocycles. The standard InChI is InChI=1S/C17H18N6O2/c1-11-13(10-18-23(11)15-5-6-16(24)20-19-15)17(25)22-9-8-21-7-3-4-14(21)12(22)2/h3-7,10,12H,8-9H2,1-2H3,(H,20,24)/t12-/m1/s1. The number of fused-ring (bicyclic) bond motifs is 1. The maximum Gasteiger partial charge on any atom is 0.264 e. The second-order valence-corrected chi connectivity index (χ2v) is 6.14. The molecule has 1 N–H and O–H groups in total. The molecule has 0 bridgehead atoms. The molecular weight excluding hydrogens is 320 g/mol. The van der Waals surface area contributed by atoms with Crippen LogP contribution in [0.4, 0.5) is 0 Å². The molecule has 1 atom stereocenters. The molecular formula is C17H18N6O2. The number of hydrogen-bond donors (Lipinski definition) is 1. The van der Waals surface area contributed by atoms with Gasteiger partial charge in [0.25, 0.3) is 11.5 Å². The Balaban J connectivity index is 1.66. The summed E-state index contributed by atoms with van der Waals surface area (Å²) in [4.78, 5) is 26.1. The highest BCUT2D eigenvalue weighted by molar-refractivity contribution is 5.95. The Morgan fingerprint density at radius 3 is 2.88 bits per heavy atom. The van der Waals surface area contributed by atoms with Gasteiger partial charge in [0.1, 0.15) is 0 Å². The van der Waals surface area contributed by atoms with Crippen LogP contribution in [0.5, 0.6) is 0 Å². The Bertz CT molecular complexity index is 978. The van der Waals surface area contributed by atoms with Gasteiger partial charge in [-0.05, 0) is 32.0 Å². The lowest BCUT2D eigenvalue weighted by atomic mass is 10.1. The Labute approximate surface area is 143 Å². The van der Waals surface area contributed by atoms with E-state index in [4.69, 9.17) is 0 Å². The van der Waals surface area contributed by atoms with Crippen molar-refractivity contribution in [2.24, 2.45) is 0 Å². The molecule has 1 aliphatic heterocycles. The molecule has 25 heavy (non-hydrogen) atoms. The highest BCUT2D eigenvalue weighted by Gasteiger charge is 2.30. The maximum atomic E-state index is 13.0. The summed E-state index contributed by atoms with van der Waals surface area (Å²) >= 11 is 0. The minimum Gasteiger partial charge on any atom is -0.348 e. The van der Waals surface area contributed by atoms with E-state index >= 15 is 0 Å². The number of nitrogens with one attached hydrogen (secondary N) is 1. The van der Waals surface area contributed by atoms with E-state index in [9.17, 15) is 9.59 Å². The summed E-state index contributed by atoms with van der Waals surface area (Å²) in [7, 11) is 0. The van der Waals surface area contributed by atoms with Crippen molar-refractivity contribution >= 4 is 5.91 Å². The van der Waals surface area contributed by atoms with E-state index in [1.165, 1.54) is 6.07 Å². The molecule has 1 amide bonds. The normalized spacial score (nSPS) is 16.7. The number of nitrogens with zero attached hydrogens (tertiary/aromatic N) is 5. The summed E-state index contributed by atoms with van der Waals surface area (Å²) in [6.45, 7) is 5.30. The second kappa shape index (κ2) is 5.73. The van der Waals surface area contributed by atoms with Gasteiger partial charge in [-0.3, -0.25) is 9.59 Å². The van der Waals surface area contributed by atoms with Crippen molar-refractivity contribution in [1.82, 2.24) is 29.4 Å². The molecule has 8 heteroatoms. The predicted molar refractivity (Wildman–Crippen MR) is 90.6 cm³/mol. The smallest absolute Gasteiger partial charge is 0.264 e. The second-order valence-electron chi connectivity index (χ2n) is 6.14. The summed E-state index contributed by atoms with van der Waals surface area (Å²) in [5.41, 5.74) is 2.08. The SMILES string of the molecule is Cc1c(C(=O)N2CCn3cccc3[C@H]2C)cnn1-c1ccc(=O)[nH]n1. The number of rotatable bonds is 2. The zero-order valence-corrected chi connectivity index (χ0v) is 14.0. The number of H-pyrrole nitrogens is 1. The van der Waals surface area contributed by atoms with Crippen molar-refractivity contribution in [3.63, 3.8) is 0 Å². The molecule has 0 aromatic carbocycles. The van der Waals surface area contributed by atoms with Crippen LogP contribution in [0.25, 0.3) is 5.82 Å². The number of aromatic nitrogens is 5. The van der Waals surface area contributed by atoms with E-state index in [1.807, 2.05) is 37.1 Å². The van der Waals surface area contributed by atoms with Gasteiger partial charge < -0.3 is 9.47 Å². The van der Waals surface area contributed by atoms with Crippen molar-refractivity contribution in [2.45, 2.75) is 26.4 Å². The molecule has 8 nitrogen and oxygen atoms in total. The molecule has 1 aliphatic rings. The summed E-state index contributed by atoms with van der Waals surface area (Å²) in [6, 6.07) is 7.01. The lowest BCUT2D eigenvalue weighted by Crippen LogP contribution is -2.40. The van der Waals surface area contributed by atoms with Crippen molar-refractivity contribution in [1.29, 1.82) is 0 Å². The van der Waals surface area contributed by atoms with Crippen LogP contribution in [0, 0.1) is 6.92 Å². The first kappa shape index (κ1) is 15.4. The van der Waals surface area contributed by atoms with Gasteiger partial charge in [-0.1, -0.05) is 0 Å². The maximum absolute atomic E-state index is 13.0. The van der Waals surface area contributed by atoms with Crippen molar-refractivity contribution < 1.29 is 4.79 Å². The van der Waals surface area contributed by atoms with Crippen LogP contribution in [-0.4, -0.2) is 41.9 Å². The molecule has 4 rings (SSSR count). The summed E-state index contributed by atoms with van der Waals surface area (Å²) in [5.74, 6) is 0.421. The van der Waals surface area contributed by atoms with Gasteiger partial charge in [0.15, 0.2) is 5.82 Å². The largest absolute Gasteiger partial charge is 0.348 e. The highest BCUT2D eigenvalue weighted by Crippen LogP contribution is 2.27. The van der Waals surface area contributed by atoms with Crippen LogP contribution in [0.15, 0.2) is 41.5 Å². The predicted octanol–water partition coefficient (Wildman–Crippen LogP) is 1.28. The number of carbonyl (C=O) groups excluding carboxylic acids is 1. The van der Waals surface area contributed by atoms with Crippen LogP contribution in [0.3, 0.4) is 0 Å². The minimum absolute atomic E-state index is 0.00482. The molecule has 0 spiro atoms. The zero-order valence-electron chi connectivity index (χ0n) is 14.0. The van der Waals surface area contributed by atoms with Crippen LogP contribution in [-0.2, 0) is 6.54 Å². The molecule has 0 unspecified atom stereocenters. The molecule has 0 radical (unpaired) electrons. The Morgan fingerprint density at radius 2 is 2.12 bits per heavy atom. The first-order chi connectivity index (χ1) is 12.1. The average Bonchev–Trinajstić information content (AvgIpc) is 3.23. The highest BCUT2D eigenvalue weighted by atomic mass is 16.2. The number of hydrogen-bond acceptors (Lipinski definition) is 4. The van der Waals surface area contributed by atoms with Crippen LogP contribution in [0.2, 0.25) is 0 Å². The van der Waals surface area contributed by atoms with Gasteiger partial charge in [0, 0.05) is 31.0 Å². The van der Waals surface area contributed by atoms with E-state index in [2.05, 4.69) is 19.9 Å². The van der Waals surface area contributed by atoms with Gasteiger partial charge in [-0.15, -0.1) is 0 Å². The van der Waals surface area contributed by atoms with E-state index < -0.39 is 0 Å². The topological polar surface area (TPSA) is 88.8 Å². The fraction of sp³-hybridized carbons (Fsp3) is 0.294. The first-order valence-electron chi connectivity index (χ1n) is 8.13. The third-order valence-electron chi connectivity index (χ3n) is 4.72. The number of aromatic amines is 1. The number of amides is 1. The van der Waals surface area contributed by atoms with Crippen LogP contribution < -0.4 is 5.56 Å². The van der Waals surface area contributed by atoms with Crippen molar-refractivity contribution in [3.05, 3.63) is 64.0 Å². The number of carbonyl (C=O) groups is 1. The zero-order chi connectivity index (χ0) is 17.6. The molecule has 3 aromatic rings. The third kappa shape index (κ3) is 2.46. The lowest BCUT2D eigenvalue weighted by molar-refractivity contribution is 0.0643. The molecule has 0 fully saturated rings. The quantitative estimate of drug-likeness (QED) is 0.762. The molecule has 128 valence electrons. The molecule has 0 aliphatic carbocycles. The van der Waals surface area contributed by atoms with Crippen molar-refractivity contribution in [2.75, 3.05) is 6.54 Å². The van der Waals surface area contributed by atoms with Gasteiger partial charge in [-0.25, -0.2) is 9.78 Å². The fourth-order valence-electron chi connectivity index (χ4n) is 3.32. The Hall–Kier alpha value is -3.16. The van der Waals surface area contributed by atoms with Gasteiger partial charge in [-0.2, -0.15) is 10.2 Å².